The minimum absolute atomic E-state index is 0.0771. The van der Waals surface area contributed by atoms with Crippen LogP contribution in [0, 0.1) is 5.95 Å². The van der Waals surface area contributed by atoms with E-state index in [2.05, 4.69) is 10.3 Å². The van der Waals surface area contributed by atoms with E-state index in [9.17, 15) is 18.0 Å². The lowest BCUT2D eigenvalue weighted by Crippen LogP contribution is -2.31. The number of nitrogen functional groups attached to an aromatic ring is 1. The van der Waals surface area contributed by atoms with Crippen molar-refractivity contribution in [1.82, 2.24) is 15.2 Å². The minimum Gasteiger partial charge on any atom is -0.383 e. The molecule has 1 aromatic heterocycles. The highest BCUT2D eigenvalue weighted by Crippen LogP contribution is 2.34. The second-order valence-electron chi connectivity index (χ2n) is 8.53. The van der Waals surface area contributed by atoms with Crippen molar-refractivity contribution >= 4 is 17.3 Å². The van der Waals surface area contributed by atoms with Crippen LogP contribution in [-0.4, -0.2) is 48.4 Å². The van der Waals surface area contributed by atoms with Crippen LogP contribution in [0.1, 0.15) is 21.5 Å². The Labute approximate surface area is 195 Å². The number of rotatable bonds is 5. The van der Waals surface area contributed by atoms with Gasteiger partial charge in [-0.05, 0) is 46.4 Å². The molecule has 2 aliphatic heterocycles. The molecule has 0 bridgehead atoms. The summed E-state index contributed by atoms with van der Waals surface area (Å²) in [5.74, 6) is -0.698. The molecule has 2 aliphatic rings. The third-order valence-corrected chi connectivity index (χ3v) is 6.30. The van der Waals surface area contributed by atoms with Gasteiger partial charge in [0.1, 0.15) is 5.82 Å². The van der Waals surface area contributed by atoms with Gasteiger partial charge in [0, 0.05) is 36.3 Å². The predicted molar refractivity (Wildman–Crippen MR) is 126 cm³/mol. The monoisotopic (exact) mass is 464 g/mol. The molecule has 0 fully saturated rings. The average Bonchev–Trinajstić information content (AvgIpc) is 3.27. The standard InChI is InChI=1S/C26H23F3N4O/c27-23(28)14-33-10-8-19(13-33)15-1-3-16(4-2-15)21-12-22(25(30)32-24(21)29)17-5-6-20-18(11-17)7-9-31-26(20)34/h1-6,8,11-12,23H,7,9-10,13-14H2,(H2,30,32)(H,31,34). The molecular weight excluding hydrogens is 441 g/mol. The number of hydrogen-bond acceptors (Lipinski definition) is 4. The largest absolute Gasteiger partial charge is 0.383 e. The van der Waals surface area contributed by atoms with Gasteiger partial charge >= 0.3 is 0 Å². The Hall–Kier alpha value is -3.65. The number of anilines is 1. The summed E-state index contributed by atoms with van der Waals surface area (Å²) in [6, 6.07) is 14.4. The lowest BCUT2D eigenvalue weighted by Gasteiger charge is -2.18. The Morgan fingerprint density at radius 1 is 1.00 bits per heavy atom. The number of nitrogens with zero attached hydrogens (tertiary/aromatic N) is 2. The summed E-state index contributed by atoms with van der Waals surface area (Å²) >= 11 is 0. The van der Waals surface area contributed by atoms with Crippen molar-refractivity contribution in [2.75, 3.05) is 31.9 Å². The molecule has 0 saturated carbocycles. The Bertz CT molecular complexity index is 1290. The summed E-state index contributed by atoms with van der Waals surface area (Å²) in [4.78, 5) is 17.7. The number of alkyl halides is 2. The fourth-order valence-electron chi connectivity index (χ4n) is 4.55. The molecule has 0 unspecified atom stereocenters. The first-order valence-electron chi connectivity index (χ1n) is 11.1. The highest BCUT2D eigenvalue weighted by molar-refractivity contribution is 5.97. The van der Waals surface area contributed by atoms with Crippen molar-refractivity contribution in [3.05, 3.63) is 77.2 Å². The van der Waals surface area contributed by atoms with Gasteiger partial charge in [-0.15, -0.1) is 0 Å². The summed E-state index contributed by atoms with van der Waals surface area (Å²) in [5.41, 5.74) is 11.8. The average molecular weight is 464 g/mol. The van der Waals surface area contributed by atoms with Gasteiger partial charge in [0.25, 0.3) is 12.3 Å². The van der Waals surface area contributed by atoms with Crippen LogP contribution in [0.25, 0.3) is 27.8 Å². The van der Waals surface area contributed by atoms with Gasteiger partial charge in [-0.1, -0.05) is 42.5 Å². The topological polar surface area (TPSA) is 71.2 Å². The molecule has 0 atom stereocenters. The summed E-state index contributed by atoms with van der Waals surface area (Å²) in [6.45, 7) is 1.27. The Balaban J connectivity index is 1.43. The van der Waals surface area contributed by atoms with Crippen LogP contribution in [0.5, 0.6) is 0 Å². The molecular formula is C26H23F3N4O. The number of pyridine rings is 1. The molecule has 1 amide bonds. The van der Waals surface area contributed by atoms with Crippen molar-refractivity contribution < 1.29 is 18.0 Å². The number of aromatic nitrogens is 1. The third kappa shape index (κ3) is 4.28. The molecule has 0 spiro atoms. The van der Waals surface area contributed by atoms with Crippen molar-refractivity contribution in [3.8, 4) is 22.3 Å². The fraction of sp³-hybridized carbons (Fsp3) is 0.231. The zero-order valence-electron chi connectivity index (χ0n) is 18.3. The molecule has 34 heavy (non-hydrogen) atoms. The maximum absolute atomic E-state index is 14.8. The predicted octanol–water partition coefficient (Wildman–Crippen LogP) is 4.39. The highest BCUT2D eigenvalue weighted by Gasteiger charge is 2.21. The van der Waals surface area contributed by atoms with E-state index < -0.39 is 12.4 Å². The summed E-state index contributed by atoms with van der Waals surface area (Å²) in [7, 11) is 0. The summed E-state index contributed by atoms with van der Waals surface area (Å²) in [5, 5.41) is 2.82. The van der Waals surface area contributed by atoms with E-state index in [1.807, 2.05) is 24.3 Å². The molecule has 8 heteroatoms. The number of amides is 1. The quantitative estimate of drug-likeness (QED) is 0.550. The van der Waals surface area contributed by atoms with E-state index in [0.29, 0.717) is 48.3 Å². The normalized spacial score (nSPS) is 15.9. The molecule has 0 saturated heterocycles. The molecule has 2 aromatic carbocycles. The van der Waals surface area contributed by atoms with Gasteiger partial charge in [-0.2, -0.15) is 4.39 Å². The molecule has 5 rings (SSSR count). The van der Waals surface area contributed by atoms with E-state index in [0.717, 1.165) is 22.3 Å². The Morgan fingerprint density at radius 2 is 1.74 bits per heavy atom. The fourth-order valence-corrected chi connectivity index (χ4v) is 4.55. The molecule has 0 radical (unpaired) electrons. The lowest BCUT2D eigenvalue weighted by molar-refractivity contribution is 0.0945. The van der Waals surface area contributed by atoms with Crippen LogP contribution in [0.2, 0.25) is 0 Å². The van der Waals surface area contributed by atoms with Crippen molar-refractivity contribution in [2.45, 2.75) is 12.8 Å². The van der Waals surface area contributed by atoms with Crippen molar-refractivity contribution in [3.63, 3.8) is 0 Å². The van der Waals surface area contributed by atoms with Crippen LogP contribution in [0.4, 0.5) is 19.0 Å². The van der Waals surface area contributed by atoms with E-state index >= 15 is 0 Å². The molecule has 5 nitrogen and oxygen atoms in total. The number of hydrogen-bond donors (Lipinski definition) is 2. The third-order valence-electron chi connectivity index (χ3n) is 6.30. The van der Waals surface area contributed by atoms with Gasteiger partial charge in [-0.25, -0.2) is 13.8 Å². The SMILES string of the molecule is Nc1nc(F)c(-c2ccc(C3=CCN(CC(F)F)C3)cc2)cc1-c1ccc2c(c1)CCNC2=O. The lowest BCUT2D eigenvalue weighted by atomic mass is 9.93. The Morgan fingerprint density at radius 3 is 2.50 bits per heavy atom. The number of nitrogens with two attached hydrogens (primary N) is 1. The first kappa shape index (κ1) is 22.2. The minimum atomic E-state index is -2.36. The molecule has 174 valence electrons. The second kappa shape index (κ2) is 8.95. The zero-order valence-corrected chi connectivity index (χ0v) is 18.3. The first-order valence-corrected chi connectivity index (χ1v) is 11.1. The second-order valence-corrected chi connectivity index (χ2v) is 8.53. The van der Waals surface area contributed by atoms with Gasteiger partial charge in [0.15, 0.2) is 0 Å². The van der Waals surface area contributed by atoms with Gasteiger partial charge in [-0.3, -0.25) is 9.69 Å². The van der Waals surface area contributed by atoms with Crippen molar-refractivity contribution in [1.29, 1.82) is 0 Å². The number of carbonyl (C=O) groups excluding carboxylic acids is 1. The number of carbonyl (C=O) groups is 1. The van der Waals surface area contributed by atoms with Crippen LogP contribution in [0.15, 0.2) is 54.6 Å². The van der Waals surface area contributed by atoms with Crippen LogP contribution in [0.3, 0.4) is 0 Å². The summed E-state index contributed by atoms with van der Waals surface area (Å²) in [6.07, 6.45) is 0.289. The smallest absolute Gasteiger partial charge is 0.251 e. The van der Waals surface area contributed by atoms with E-state index in [1.54, 1.807) is 35.2 Å². The first-order chi connectivity index (χ1) is 16.4. The summed E-state index contributed by atoms with van der Waals surface area (Å²) < 4.78 is 40.1. The van der Waals surface area contributed by atoms with Gasteiger partial charge in [0.2, 0.25) is 5.95 Å². The number of benzene rings is 2. The number of halogens is 3. The van der Waals surface area contributed by atoms with Gasteiger partial charge in [0.05, 0.1) is 6.54 Å². The van der Waals surface area contributed by atoms with Crippen LogP contribution < -0.4 is 11.1 Å². The van der Waals surface area contributed by atoms with Crippen LogP contribution in [-0.2, 0) is 6.42 Å². The maximum Gasteiger partial charge on any atom is 0.251 e. The molecule has 3 aromatic rings. The molecule has 3 N–H and O–H groups in total. The van der Waals surface area contributed by atoms with E-state index in [1.165, 1.54) is 0 Å². The highest BCUT2D eigenvalue weighted by atomic mass is 19.3. The number of nitrogens with one attached hydrogen (secondary N) is 1. The zero-order chi connectivity index (χ0) is 23.8. The number of fused-ring (bicyclic) bond motifs is 1. The van der Waals surface area contributed by atoms with E-state index in [-0.39, 0.29) is 18.3 Å². The van der Waals surface area contributed by atoms with Crippen molar-refractivity contribution in [2.24, 2.45) is 0 Å². The van der Waals surface area contributed by atoms with Gasteiger partial charge < -0.3 is 11.1 Å². The Kier molecular flexibility index (Phi) is 5.83. The molecule has 3 heterocycles. The van der Waals surface area contributed by atoms with Crippen LogP contribution >= 0.6 is 0 Å². The molecule has 0 aliphatic carbocycles. The maximum atomic E-state index is 14.8. The van der Waals surface area contributed by atoms with E-state index in [4.69, 9.17) is 5.73 Å².